The van der Waals surface area contributed by atoms with Gasteiger partial charge in [0.25, 0.3) is 0 Å². The van der Waals surface area contributed by atoms with Gasteiger partial charge in [-0.3, -0.25) is 0 Å². The lowest BCUT2D eigenvalue weighted by atomic mass is 9.96. The molecule has 0 saturated heterocycles. The van der Waals surface area contributed by atoms with Gasteiger partial charge in [-0.15, -0.1) is 0 Å². The van der Waals surface area contributed by atoms with Gasteiger partial charge >= 0.3 is 0 Å². The lowest BCUT2D eigenvalue weighted by Crippen LogP contribution is -2.24. The summed E-state index contributed by atoms with van der Waals surface area (Å²) in [5, 5.41) is 3.33. The summed E-state index contributed by atoms with van der Waals surface area (Å²) >= 11 is 0. The van der Waals surface area contributed by atoms with Crippen LogP contribution in [-0.4, -0.2) is 6.54 Å². The molecule has 0 radical (unpaired) electrons. The van der Waals surface area contributed by atoms with Crippen molar-refractivity contribution in [1.29, 1.82) is 0 Å². The number of hydrogen-bond acceptors (Lipinski definition) is 1. The number of nitrogens with one attached hydrogen (secondary N) is 1. The summed E-state index contributed by atoms with van der Waals surface area (Å²) in [6, 6.07) is 12.0. The minimum atomic E-state index is -0.509. The number of aryl methyl sites for hydroxylation is 1. The van der Waals surface area contributed by atoms with Crippen molar-refractivity contribution in [3.8, 4) is 0 Å². The van der Waals surface area contributed by atoms with E-state index in [0.29, 0.717) is 11.1 Å². The van der Waals surface area contributed by atoms with Gasteiger partial charge in [0.15, 0.2) is 0 Å². The van der Waals surface area contributed by atoms with E-state index < -0.39 is 11.6 Å². The minimum absolute atomic E-state index is 0.254. The Balaban J connectivity index is 2.44. The molecule has 2 aromatic rings. The first-order valence-corrected chi connectivity index (χ1v) is 6.87. The second kappa shape index (κ2) is 6.62. The van der Waals surface area contributed by atoms with Crippen LogP contribution in [0.1, 0.15) is 36.1 Å². The third-order valence-electron chi connectivity index (χ3n) is 3.32. The molecule has 0 aromatic heterocycles. The predicted molar refractivity (Wildman–Crippen MR) is 77.7 cm³/mol. The van der Waals surface area contributed by atoms with E-state index in [1.54, 1.807) is 13.0 Å². The summed E-state index contributed by atoms with van der Waals surface area (Å²) in [6.45, 7) is 4.48. The van der Waals surface area contributed by atoms with E-state index in [4.69, 9.17) is 0 Å². The number of rotatable bonds is 5. The minimum Gasteiger partial charge on any atom is -0.306 e. The number of hydrogen-bond donors (Lipinski definition) is 1. The molecule has 0 heterocycles. The Kier molecular flexibility index (Phi) is 4.85. The molecular weight excluding hydrogens is 256 g/mol. The number of halogens is 2. The van der Waals surface area contributed by atoms with Crippen molar-refractivity contribution in [3.05, 3.63) is 70.8 Å². The zero-order valence-electron chi connectivity index (χ0n) is 11.8. The molecule has 3 heteroatoms. The molecule has 0 aliphatic rings. The highest BCUT2D eigenvalue weighted by molar-refractivity contribution is 5.35. The molecule has 1 N–H and O–H groups in total. The molecular formula is C17H19F2N. The Morgan fingerprint density at radius 1 is 1.05 bits per heavy atom. The van der Waals surface area contributed by atoms with E-state index in [9.17, 15) is 8.78 Å². The Hall–Kier alpha value is -1.74. The van der Waals surface area contributed by atoms with Crippen LogP contribution in [0, 0.1) is 18.6 Å². The SMILES string of the molecule is CCCNC(c1ccccc1)c1cc(C)c(F)cc1F. The lowest BCUT2D eigenvalue weighted by molar-refractivity contribution is 0.530. The fourth-order valence-corrected chi connectivity index (χ4v) is 2.24. The quantitative estimate of drug-likeness (QED) is 0.854. The van der Waals surface area contributed by atoms with Gasteiger partial charge in [0, 0.05) is 11.6 Å². The third kappa shape index (κ3) is 3.23. The van der Waals surface area contributed by atoms with Crippen molar-refractivity contribution in [2.75, 3.05) is 6.54 Å². The predicted octanol–water partition coefficient (Wildman–Crippen LogP) is 4.36. The molecule has 0 amide bonds. The highest BCUT2D eigenvalue weighted by atomic mass is 19.1. The highest BCUT2D eigenvalue weighted by Gasteiger charge is 2.18. The van der Waals surface area contributed by atoms with Crippen molar-refractivity contribution in [2.45, 2.75) is 26.3 Å². The van der Waals surface area contributed by atoms with E-state index >= 15 is 0 Å². The summed E-state index contributed by atoms with van der Waals surface area (Å²) in [5.74, 6) is -1.01. The van der Waals surface area contributed by atoms with E-state index in [2.05, 4.69) is 12.2 Å². The standard InChI is InChI=1S/C17H19F2N/c1-3-9-20-17(13-7-5-4-6-8-13)14-10-12(2)15(18)11-16(14)19/h4-8,10-11,17,20H,3,9H2,1-2H3. The van der Waals surface area contributed by atoms with Crippen molar-refractivity contribution in [3.63, 3.8) is 0 Å². The smallest absolute Gasteiger partial charge is 0.131 e. The maximum absolute atomic E-state index is 14.1. The topological polar surface area (TPSA) is 12.0 Å². The van der Waals surface area contributed by atoms with E-state index in [1.807, 2.05) is 30.3 Å². The molecule has 1 nitrogen and oxygen atoms in total. The summed E-state index contributed by atoms with van der Waals surface area (Å²) in [6.07, 6.45) is 0.950. The molecule has 0 saturated carbocycles. The van der Waals surface area contributed by atoms with Crippen LogP contribution in [0.25, 0.3) is 0 Å². The second-order valence-corrected chi connectivity index (χ2v) is 4.92. The van der Waals surface area contributed by atoms with Crippen LogP contribution in [0.3, 0.4) is 0 Å². The fourth-order valence-electron chi connectivity index (χ4n) is 2.24. The molecule has 1 unspecified atom stereocenters. The monoisotopic (exact) mass is 275 g/mol. The van der Waals surface area contributed by atoms with Crippen LogP contribution in [0.5, 0.6) is 0 Å². The van der Waals surface area contributed by atoms with Gasteiger partial charge in [-0.05, 0) is 37.1 Å². The van der Waals surface area contributed by atoms with Crippen molar-refractivity contribution in [2.24, 2.45) is 0 Å². The van der Waals surface area contributed by atoms with Crippen LogP contribution >= 0.6 is 0 Å². The van der Waals surface area contributed by atoms with E-state index in [1.165, 1.54) is 0 Å². The molecule has 0 aliphatic carbocycles. The molecule has 0 fully saturated rings. The Bertz CT molecular complexity index is 567. The third-order valence-corrected chi connectivity index (χ3v) is 3.32. The van der Waals surface area contributed by atoms with Gasteiger partial charge in [0.1, 0.15) is 11.6 Å². The van der Waals surface area contributed by atoms with Gasteiger partial charge in [-0.2, -0.15) is 0 Å². The maximum Gasteiger partial charge on any atom is 0.131 e. The first-order valence-electron chi connectivity index (χ1n) is 6.87. The van der Waals surface area contributed by atoms with Gasteiger partial charge in [-0.25, -0.2) is 8.78 Å². The van der Waals surface area contributed by atoms with Crippen LogP contribution in [-0.2, 0) is 0 Å². The molecule has 2 rings (SSSR count). The van der Waals surface area contributed by atoms with Crippen molar-refractivity contribution in [1.82, 2.24) is 5.32 Å². The van der Waals surface area contributed by atoms with Crippen LogP contribution < -0.4 is 5.32 Å². The molecule has 2 aromatic carbocycles. The summed E-state index contributed by atoms with van der Waals surface area (Å²) in [4.78, 5) is 0. The Morgan fingerprint density at radius 3 is 2.40 bits per heavy atom. The average molecular weight is 275 g/mol. The van der Waals surface area contributed by atoms with Gasteiger partial charge in [0.05, 0.1) is 6.04 Å². The normalized spacial score (nSPS) is 12.4. The lowest BCUT2D eigenvalue weighted by Gasteiger charge is -2.21. The van der Waals surface area contributed by atoms with Crippen molar-refractivity contribution < 1.29 is 8.78 Å². The Morgan fingerprint density at radius 2 is 1.75 bits per heavy atom. The second-order valence-electron chi connectivity index (χ2n) is 4.92. The molecule has 1 atom stereocenters. The van der Waals surface area contributed by atoms with Gasteiger partial charge in [-0.1, -0.05) is 37.3 Å². The molecule has 0 bridgehead atoms. The van der Waals surface area contributed by atoms with Gasteiger partial charge < -0.3 is 5.32 Å². The molecule has 0 aliphatic heterocycles. The largest absolute Gasteiger partial charge is 0.306 e. The van der Waals surface area contributed by atoms with Crippen LogP contribution in [0.4, 0.5) is 8.78 Å². The first kappa shape index (κ1) is 14.7. The maximum atomic E-state index is 14.1. The van der Waals surface area contributed by atoms with E-state index in [-0.39, 0.29) is 6.04 Å². The number of benzene rings is 2. The van der Waals surface area contributed by atoms with E-state index in [0.717, 1.165) is 24.6 Å². The zero-order chi connectivity index (χ0) is 14.5. The molecule has 106 valence electrons. The summed E-state index contributed by atoms with van der Waals surface area (Å²) < 4.78 is 27.5. The average Bonchev–Trinajstić information content (AvgIpc) is 2.45. The molecule has 20 heavy (non-hydrogen) atoms. The zero-order valence-corrected chi connectivity index (χ0v) is 11.8. The Labute approximate surface area is 118 Å². The van der Waals surface area contributed by atoms with Crippen molar-refractivity contribution >= 4 is 0 Å². The van der Waals surface area contributed by atoms with Crippen LogP contribution in [0.15, 0.2) is 42.5 Å². The summed E-state index contributed by atoms with van der Waals surface area (Å²) in [5.41, 5.74) is 1.93. The molecule has 0 spiro atoms. The summed E-state index contributed by atoms with van der Waals surface area (Å²) in [7, 11) is 0. The van der Waals surface area contributed by atoms with Gasteiger partial charge in [0.2, 0.25) is 0 Å². The highest BCUT2D eigenvalue weighted by Crippen LogP contribution is 2.26. The fraction of sp³-hybridized carbons (Fsp3) is 0.294. The van der Waals surface area contributed by atoms with Crippen LogP contribution in [0.2, 0.25) is 0 Å². The first-order chi connectivity index (χ1) is 9.63.